The first-order valence-corrected chi connectivity index (χ1v) is 12.9. The van der Waals surface area contributed by atoms with Crippen LogP contribution in [0.15, 0.2) is 66.1 Å². The summed E-state index contributed by atoms with van der Waals surface area (Å²) >= 11 is 1.74. The Bertz CT molecular complexity index is 1330. The van der Waals surface area contributed by atoms with E-state index in [4.69, 9.17) is 0 Å². The fourth-order valence-corrected chi connectivity index (χ4v) is 5.70. The predicted molar refractivity (Wildman–Crippen MR) is 140 cm³/mol. The minimum Gasteiger partial charge on any atom is -0.330 e. The van der Waals surface area contributed by atoms with Gasteiger partial charge in [-0.1, -0.05) is 24.3 Å². The fraction of sp³-hybridized carbons (Fsp3) is 0.286. The zero-order valence-electron chi connectivity index (χ0n) is 20.0. The van der Waals surface area contributed by atoms with E-state index in [-0.39, 0.29) is 36.1 Å². The summed E-state index contributed by atoms with van der Waals surface area (Å²) in [7, 11) is 0. The summed E-state index contributed by atoms with van der Waals surface area (Å²) in [4.78, 5) is 42.1. The van der Waals surface area contributed by atoms with E-state index in [1.165, 1.54) is 28.6 Å². The first kappa shape index (κ1) is 23.9. The number of carbonyl (C=O) groups is 2. The zero-order chi connectivity index (χ0) is 25.2. The maximum absolute atomic E-state index is 13.7. The normalized spacial score (nSPS) is 17.1. The molecule has 0 saturated heterocycles. The van der Waals surface area contributed by atoms with Gasteiger partial charge in [-0.25, -0.2) is 0 Å². The summed E-state index contributed by atoms with van der Waals surface area (Å²) in [5, 5.41) is 12.9. The molecule has 0 bridgehead atoms. The van der Waals surface area contributed by atoms with E-state index in [2.05, 4.69) is 30.5 Å². The van der Waals surface area contributed by atoms with Gasteiger partial charge < -0.3 is 9.80 Å². The maximum atomic E-state index is 13.7. The molecule has 2 aliphatic rings. The Morgan fingerprint density at radius 1 is 1.11 bits per heavy atom. The molecule has 1 fully saturated rings. The van der Waals surface area contributed by atoms with Gasteiger partial charge in [0.2, 0.25) is 11.8 Å². The van der Waals surface area contributed by atoms with Gasteiger partial charge >= 0.3 is 0 Å². The van der Waals surface area contributed by atoms with Crippen LogP contribution in [0, 0.1) is 17.0 Å². The van der Waals surface area contributed by atoms with Gasteiger partial charge in [0.05, 0.1) is 11.0 Å². The van der Waals surface area contributed by atoms with E-state index in [1.807, 2.05) is 17.0 Å². The van der Waals surface area contributed by atoms with Crippen LogP contribution in [0.4, 0.5) is 5.69 Å². The van der Waals surface area contributed by atoms with Crippen LogP contribution in [0.25, 0.3) is 6.08 Å². The van der Waals surface area contributed by atoms with Crippen LogP contribution in [0.2, 0.25) is 0 Å². The molecule has 5 rings (SSSR count). The lowest BCUT2D eigenvalue weighted by atomic mass is 9.90. The van der Waals surface area contributed by atoms with Crippen molar-refractivity contribution >= 4 is 34.9 Å². The molecule has 0 N–H and O–H groups in total. The van der Waals surface area contributed by atoms with Crippen LogP contribution >= 0.6 is 11.3 Å². The van der Waals surface area contributed by atoms with Crippen LogP contribution in [-0.2, 0) is 16.0 Å². The van der Waals surface area contributed by atoms with Crippen LogP contribution in [-0.4, -0.2) is 45.7 Å². The van der Waals surface area contributed by atoms with Crippen molar-refractivity contribution in [2.45, 2.75) is 38.3 Å². The summed E-state index contributed by atoms with van der Waals surface area (Å²) in [6.45, 7) is 2.73. The average molecular weight is 502 g/mol. The second kappa shape index (κ2) is 10.1. The monoisotopic (exact) mass is 501 g/mol. The van der Waals surface area contributed by atoms with Crippen molar-refractivity contribution in [1.82, 2.24) is 9.80 Å². The summed E-state index contributed by atoms with van der Waals surface area (Å²) in [6.07, 6.45) is 5.69. The van der Waals surface area contributed by atoms with Crippen LogP contribution in [0.1, 0.15) is 46.0 Å². The predicted octanol–water partition coefficient (Wildman–Crippen LogP) is 5.14. The van der Waals surface area contributed by atoms with Gasteiger partial charge in [-0.3, -0.25) is 19.7 Å². The van der Waals surface area contributed by atoms with E-state index in [9.17, 15) is 19.7 Å². The summed E-state index contributed by atoms with van der Waals surface area (Å²) < 4.78 is 0. The van der Waals surface area contributed by atoms with Crippen LogP contribution in [0.5, 0.6) is 0 Å². The van der Waals surface area contributed by atoms with Crippen molar-refractivity contribution in [3.8, 4) is 0 Å². The Labute approximate surface area is 213 Å². The molecule has 3 aromatic rings. The van der Waals surface area contributed by atoms with E-state index in [1.54, 1.807) is 34.4 Å². The number of thiophene rings is 1. The molecule has 1 aliphatic carbocycles. The lowest BCUT2D eigenvalue weighted by Crippen LogP contribution is -2.47. The van der Waals surface area contributed by atoms with Crippen molar-refractivity contribution in [2.24, 2.45) is 0 Å². The van der Waals surface area contributed by atoms with Gasteiger partial charge in [0.1, 0.15) is 6.54 Å². The molecule has 0 spiro atoms. The molecule has 0 radical (unpaired) electrons. The van der Waals surface area contributed by atoms with Crippen molar-refractivity contribution in [2.75, 3.05) is 13.1 Å². The highest BCUT2D eigenvalue weighted by molar-refractivity contribution is 7.10. The van der Waals surface area contributed by atoms with E-state index >= 15 is 0 Å². The van der Waals surface area contributed by atoms with Gasteiger partial charge in [0.25, 0.3) is 5.69 Å². The lowest BCUT2D eigenvalue weighted by Gasteiger charge is -2.38. The number of carbonyl (C=O) groups excluding carboxylic acids is 2. The smallest absolute Gasteiger partial charge is 0.269 e. The summed E-state index contributed by atoms with van der Waals surface area (Å²) in [6, 6.07) is 16.2. The lowest BCUT2D eigenvalue weighted by molar-refractivity contribution is -0.384. The number of nitrogens with zero attached hydrogens (tertiary/aromatic N) is 3. The Balaban J connectivity index is 1.35. The number of hydrogen-bond donors (Lipinski definition) is 0. The topological polar surface area (TPSA) is 83.8 Å². The van der Waals surface area contributed by atoms with Crippen molar-refractivity contribution < 1.29 is 14.5 Å². The second-order valence-corrected chi connectivity index (χ2v) is 10.3. The fourth-order valence-electron chi connectivity index (χ4n) is 4.79. The first-order valence-electron chi connectivity index (χ1n) is 12.1. The highest BCUT2D eigenvalue weighted by Crippen LogP contribution is 2.39. The minimum absolute atomic E-state index is 0.00204. The highest BCUT2D eigenvalue weighted by Gasteiger charge is 2.38. The Kier molecular flexibility index (Phi) is 6.69. The van der Waals surface area contributed by atoms with Gasteiger partial charge in [-0.2, -0.15) is 0 Å². The van der Waals surface area contributed by atoms with Crippen molar-refractivity contribution in [3.05, 3.63) is 103 Å². The molecular formula is C28H27N3O4S. The zero-order valence-corrected chi connectivity index (χ0v) is 20.8. The first-order chi connectivity index (χ1) is 17.4. The van der Waals surface area contributed by atoms with Gasteiger partial charge in [0.15, 0.2) is 0 Å². The molecule has 1 unspecified atom stereocenters. The standard InChI is InChI=1S/C28H27N3O4S/c1-19-4-2-3-5-23(19)28-24-15-17-36-25(24)14-16-29(28)27(33)18-30(21-11-12-21)26(32)13-8-20-6-9-22(10-7-20)31(34)35/h2-10,13,15,17,21,28H,11-12,14,16,18H2,1H3. The number of nitro benzene ring substituents is 1. The molecule has 2 heterocycles. The van der Waals surface area contributed by atoms with E-state index < -0.39 is 4.92 Å². The summed E-state index contributed by atoms with van der Waals surface area (Å²) in [5.41, 5.74) is 4.13. The average Bonchev–Trinajstić information content (AvgIpc) is 3.61. The second-order valence-electron chi connectivity index (χ2n) is 9.27. The molecule has 1 saturated carbocycles. The molecular weight excluding hydrogens is 474 g/mol. The molecule has 184 valence electrons. The molecule has 2 amide bonds. The quantitative estimate of drug-likeness (QED) is 0.255. The molecule has 1 atom stereocenters. The Morgan fingerprint density at radius 2 is 1.86 bits per heavy atom. The number of nitro groups is 1. The van der Waals surface area contributed by atoms with Crippen molar-refractivity contribution in [1.29, 1.82) is 0 Å². The van der Waals surface area contributed by atoms with Gasteiger partial charge in [-0.05, 0) is 78.1 Å². The van der Waals surface area contributed by atoms with Crippen LogP contribution < -0.4 is 0 Å². The third kappa shape index (κ3) is 4.95. The van der Waals surface area contributed by atoms with Crippen molar-refractivity contribution in [3.63, 3.8) is 0 Å². The molecule has 2 aromatic carbocycles. The SMILES string of the molecule is Cc1ccccc1C1c2ccsc2CCN1C(=O)CN(C(=O)C=Cc1ccc([N+](=O)[O-])cc1)C1CC1. The third-order valence-electron chi connectivity index (χ3n) is 6.87. The number of rotatable bonds is 7. The Hall–Kier alpha value is -3.78. The molecule has 8 heteroatoms. The molecule has 36 heavy (non-hydrogen) atoms. The number of hydrogen-bond acceptors (Lipinski definition) is 5. The minimum atomic E-state index is -0.455. The highest BCUT2D eigenvalue weighted by atomic mass is 32.1. The summed E-state index contributed by atoms with van der Waals surface area (Å²) in [5.74, 6) is -0.269. The van der Waals surface area contributed by atoms with E-state index in [0.29, 0.717) is 12.1 Å². The molecule has 7 nitrogen and oxygen atoms in total. The Morgan fingerprint density at radius 3 is 2.56 bits per heavy atom. The number of fused-ring (bicyclic) bond motifs is 1. The number of benzene rings is 2. The molecule has 1 aliphatic heterocycles. The van der Waals surface area contributed by atoms with E-state index in [0.717, 1.165) is 30.4 Å². The largest absolute Gasteiger partial charge is 0.330 e. The number of non-ortho nitro benzene ring substituents is 1. The maximum Gasteiger partial charge on any atom is 0.269 e. The number of aryl methyl sites for hydroxylation is 1. The number of amides is 2. The van der Waals surface area contributed by atoms with Gasteiger partial charge in [0, 0.05) is 35.7 Å². The third-order valence-corrected chi connectivity index (χ3v) is 7.86. The van der Waals surface area contributed by atoms with Crippen LogP contribution in [0.3, 0.4) is 0 Å². The van der Waals surface area contributed by atoms with Gasteiger partial charge in [-0.15, -0.1) is 11.3 Å². The molecule has 1 aromatic heterocycles.